The van der Waals surface area contributed by atoms with Gasteiger partial charge in [-0.25, -0.2) is 13.4 Å². The first kappa shape index (κ1) is 12.5. The maximum Gasteiger partial charge on any atom is 0.150 e. The van der Waals surface area contributed by atoms with Crippen molar-refractivity contribution in [3.63, 3.8) is 0 Å². The highest BCUT2D eigenvalue weighted by Gasteiger charge is 2.26. The second-order valence-electron chi connectivity index (χ2n) is 4.92. The van der Waals surface area contributed by atoms with Crippen LogP contribution in [0, 0.1) is 0 Å². The minimum absolute atomic E-state index is 0.245. The molecule has 0 radical (unpaired) electrons. The van der Waals surface area contributed by atoms with Gasteiger partial charge >= 0.3 is 0 Å². The van der Waals surface area contributed by atoms with E-state index in [-0.39, 0.29) is 17.4 Å². The fourth-order valence-corrected chi connectivity index (χ4v) is 3.98. The maximum absolute atomic E-state index is 11.4. The van der Waals surface area contributed by atoms with E-state index < -0.39 is 9.84 Å². The number of hydrogen-bond acceptors (Lipinski definition) is 4. The Morgan fingerprint density at radius 3 is 2.79 bits per heavy atom. The van der Waals surface area contributed by atoms with Crippen LogP contribution in [0.1, 0.15) is 24.5 Å². The van der Waals surface area contributed by atoms with E-state index >= 15 is 0 Å². The highest BCUT2D eigenvalue weighted by atomic mass is 32.2. The molecular formula is C13H16N2O3S. The highest BCUT2D eigenvalue weighted by molar-refractivity contribution is 7.91. The number of rotatable bonds is 2. The molecule has 2 aromatic heterocycles. The molecule has 0 aromatic carbocycles. The summed E-state index contributed by atoms with van der Waals surface area (Å²) in [5.74, 6) is 1.56. The quantitative estimate of drug-likeness (QED) is 0.839. The Balaban J connectivity index is 1.89. The lowest BCUT2D eigenvalue weighted by atomic mass is 10.00. The van der Waals surface area contributed by atoms with Crippen LogP contribution in [0.2, 0.25) is 0 Å². The fraction of sp³-hybridized carbons (Fsp3) is 0.462. The van der Waals surface area contributed by atoms with Gasteiger partial charge in [-0.2, -0.15) is 0 Å². The largest absolute Gasteiger partial charge is 0.497 e. The van der Waals surface area contributed by atoms with Gasteiger partial charge in [-0.15, -0.1) is 0 Å². The summed E-state index contributed by atoms with van der Waals surface area (Å²) >= 11 is 0. The van der Waals surface area contributed by atoms with Gasteiger partial charge in [0.1, 0.15) is 21.2 Å². The molecule has 5 nitrogen and oxygen atoms in total. The monoisotopic (exact) mass is 280 g/mol. The Bertz CT molecular complexity index is 692. The summed E-state index contributed by atoms with van der Waals surface area (Å²) in [5.41, 5.74) is 1.81. The average Bonchev–Trinajstić information content (AvgIpc) is 2.81. The highest BCUT2D eigenvalue weighted by Crippen LogP contribution is 2.29. The molecule has 6 heteroatoms. The summed E-state index contributed by atoms with van der Waals surface area (Å²) in [6, 6.07) is 3.76. The van der Waals surface area contributed by atoms with Crippen LogP contribution in [0.15, 0.2) is 24.5 Å². The fourth-order valence-electron chi connectivity index (χ4n) is 2.49. The average molecular weight is 280 g/mol. The third-order valence-electron chi connectivity index (χ3n) is 3.66. The molecule has 0 bridgehead atoms. The number of methoxy groups -OCH3 is 1. The topological polar surface area (TPSA) is 60.7 Å². The molecule has 0 saturated carbocycles. The molecule has 102 valence electrons. The zero-order valence-corrected chi connectivity index (χ0v) is 11.6. The lowest BCUT2D eigenvalue weighted by molar-refractivity contribution is 0.414. The van der Waals surface area contributed by atoms with Gasteiger partial charge in [0.2, 0.25) is 0 Å². The lowest BCUT2D eigenvalue weighted by Gasteiger charge is -2.19. The normalized spacial score (nSPS) is 19.6. The maximum atomic E-state index is 11.4. The molecule has 0 spiro atoms. The molecule has 0 amide bonds. The predicted molar refractivity (Wildman–Crippen MR) is 72.4 cm³/mol. The van der Waals surface area contributed by atoms with Crippen molar-refractivity contribution in [1.82, 2.24) is 9.38 Å². The molecule has 1 fully saturated rings. The van der Waals surface area contributed by atoms with E-state index in [9.17, 15) is 8.42 Å². The third kappa shape index (κ3) is 2.45. The van der Waals surface area contributed by atoms with Crippen molar-refractivity contribution in [2.75, 3.05) is 18.6 Å². The number of hydrogen-bond donors (Lipinski definition) is 0. The van der Waals surface area contributed by atoms with Gasteiger partial charge in [0.15, 0.2) is 0 Å². The van der Waals surface area contributed by atoms with Crippen molar-refractivity contribution in [2.24, 2.45) is 0 Å². The number of aromatic nitrogens is 2. The smallest absolute Gasteiger partial charge is 0.150 e. The lowest BCUT2D eigenvalue weighted by Crippen LogP contribution is -2.22. The van der Waals surface area contributed by atoms with Crippen molar-refractivity contribution in [1.29, 1.82) is 0 Å². The minimum atomic E-state index is -2.82. The number of sulfone groups is 1. The molecule has 3 rings (SSSR count). The van der Waals surface area contributed by atoms with Gasteiger partial charge in [0.05, 0.1) is 24.3 Å². The van der Waals surface area contributed by atoms with Crippen LogP contribution in [0.5, 0.6) is 5.75 Å². The summed E-state index contributed by atoms with van der Waals surface area (Å²) in [6.45, 7) is 0. The summed E-state index contributed by atoms with van der Waals surface area (Å²) in [7, 11) is -1.19. The number of ether oxygens (including phenoxy) is 1. The Morgan fingerprint density at radius 1 is 1.37 bits per heavy atom. The second kappa shape index (κ2) is 4.52. The standard InChI is InChI=1S/C13H16N2O3S/c1-18-11-2-5-15-9-12(14-13(15)8-11)10-3-6-19(16,17)7-4-10/h2,5,8-10H,3-4,6-7H2,1H3. The van der Waals surface area contributed by atoms with Crippen LogP contribution in [0.3, 0.4) is 0 Å². The van der Waals surface area contributed by atoms with Crippen LogP contribution < -0.4 is 4.74 Å². The van der Waals surface area contributed by atoms with Crippen molar-refractivity contribution in [2.45, 2.75) is 18.8 Å². The molecule has 0 N–H and O–H groups in total. The summed E-state index contributed by atoms with van der Waals surface area (Å²) < 4.78 is 30.0. The minimum Gasteiger partial charge on any atom is -0.497 e. The Labute approximate surface area is 112 Å². The van der Waals surface area contributed by atoms with E-state index in [1.165, 1.54) is 0 Å². The summed E-state index contributed by atoms with van der Waals surface area (Å²) in [5, 5.41) is 0. The Morgan fingerprint density at radius 2 is 2.11 bits per heavy atom. The second-order valence-corrected chi connectivity index (χ2v) is 7.23. The molecule has 1 aliphatic rings. The van der Waals surface area contributed by atoms with E-state index in [1.54, 1.807) is 7.11 Å². The van der Waals surface area contributed by atoms with Crippen molar-refractivity contribution >= 4 is 15.5 Å². The molecule has 19 heavy (non-hydrogen) atoms. The first-order chi connectivity index (χ1) is 9.07. The van der Waals surface area contributed by atoms with Gasteiger partial charge in [0.25, 0.3) is 0 Å². The van der Waals surface area contributed by atoms with Gasteiger partial charge in [-0.1, -0.05) is 0 Å². The van der Waals surface area contributed by atoms with Crippen LogP contribution in [-0.2, 0) is 9.84 Å². The Kier molecular flexibility index (Phi) is 2.97. The molecule has 1 saturated heterocycles. The van der Waals surface area contributed by atoms with Crippen molar-refractivity contribution in [3.8, 4) is 5.75 Å². The number of nitrogens with zero attached hydrogens (tertiary/aromatic N) is 2. The zero-order valence-electron chi connectivity index (χ0n) is 10.7. The van der Waals surface area contributed by atoms with Crippen LogP contribution in [0.25, 0.3) is 5.65 Å². The van der Waals surface area contributed by atoms with E-state index in [4.69, 9.17) is 4.74 Å². The summed E-state index contributed by atoms with van der Waals surface area (Å²) in [4.78, 5) is 4.58. The van der Waals surface area contributed by atoms with E-state index in [2.05, 4.69) is 4.98 Å². The van der Waals surface area contributed by atoms with Gasteiger partial charge < -0.3 is 9.14 Å². The van der Waals surface area contributed by atoms with Crippen molar-refractivity contribution < 1.29 is 13.2 Å². The first-order valence-corrected chi connectivity index (χ1v) is 8.12. The molecule has 0 aliphatic carbocycles. The summed E-state index contributed by atoms with van der Waals surface area (Å²) in [6.07, 6.45) is 5.23. The van der Waals surface area contributed by atoms with Crippen molar-refractivity contribution in [3.05, 3.63) is 30.2 Å². The molecule has 0 unspecified atom stereocenters. The van der Waals surface area contributed by atoms with Gasteiger partial charge in [-0.05, 0) is 18.9 Å². The van der Waals surface area contributed by atoms with Gasteiger partial charge in [0, 0.05) is 24.4 Å². The van der Waals surface area contributed by atoms with E-state index in [1.807, 2.05) is 28.9 Å². The van der Waals surface area contributed by atoms with E-state index in [0.29, 0.717) is 12.8 Å². The number of fused-ring (bicyclic) bond motifs is 1. The van der Waals surface area contributed by atoms with Crippen LogP contribution >= 0.6 is 0 Å². The predicted octanol–water partition coefficient (Wildman–Crippen LogP) is 1.64. The third-order valence-corrected chi connectivity index (χ3v) is 5.37. The van der Waals surface area contributed by atoms with Crippen LogP contribution in [-0.4, -0.2) is 36.4 Å². The number of imidazole rings is 1. The molecular weight excluding hydrogens is 264 g/mol. The zero-order chi connectivity index (χ0) is 13.5. The molecule has 2 aromatic rings. The SMILES string of the molecule is COc1ccn2cc(C3CCS(=O)(=O)CC3)nc2c1. The Hall–Kier alpha value is -1.56. The van der Waals surface area contributed by atoms with E-state index in [0.717, 1.165) is 17.1 Å². The molecule has 0 atom stereocenters. The first-order valence-electron chi connectivity index (χ1n) is 6.30. The molecule has 3 heterocycles. The molecule has 1 aliphatic heterocycles. The van der Waals surface area contributed by atoms with Gasteiger partial charge in [-0.3, -0.25) is 0 Å². The van der Waals surface area contributed by atoms with Crippen LogP contribution in [0.4, 0.5) is 0 Å². The number of pyridine rings is 1.